The average Bonchev–Trinajstić information content (AvgIpc) is 2.95. The summed E-state index contributed by atoms with van der Waals surface area (Å²) in [5, 5.41) is 19.0. The van der Waals surface area contributed by atoms with Crippen molar-refractivity contribution in [1.82, 2.24) is 0 Å². The quantitative estimate of drug-likeness (QED) is 0.647. The Kier molecular flexibility index (Phi) is 4.82. The Balaban J connectivity index is 2.51. The summed E-state index contributed by atoms with van der Waals surface area (Å²) in [4.78, 5) is 23.3. The van der Waals surface area contributed by atoms with Crippen molar-refractivity contribution in [1.29, 1.82) is 0 Å². The minimum Gasteiger partial charge on any atom is -0.478 e. The fourth-order valence-corrected chi connectivity index (χ4v) is 3.64. The van der Waals surface area contributed by atoms with E-state index in [1.54, 1.807) is 0 Å². The molecular weight excluding hydrogens is 340 g/mol. The molecule has 0 aromatic heterocycles. The van der Waals surface area contributed by atoms with Gasteiger partial charge in [0.15, 0.2) is 0 Å². The molecule has 0 fully saturated rings. The van der Waals surface area contributed by atoms with Gasteiger partial charge in [0.05, 0.1) is 5.57 Å². The Hall–Kier alpha value is -3.40. The van der Waals surface area contributed by atoms with Crippen LogP contribution in [-0.4, -0.2) is 22.2 Å². The molecule has 0 bridgehead atoms. The van der Waals surface area contributed by atoms with E-state index >= 15 is 0 Å². The second kappa shape index (κ2) is 7.08. The van der Waals surface area contributed by atoms with Crippen molar-refractivity contribution in [3.63, 3.8) is 0 Å². The lowest BCUT2D eigenvalue weighted by Gasteiger charge is -2.10. The van der Waals surface area contributed by atoms with Crippen molar-refractivity contribution >= 4 is 17.5 Å². The van der Waals surface area contributed by atoms with Crippen LogP contribution in [0.2, 0.25) is 0 Å². The van der Waals surface area contributed by atoms with Crippen LogP contribution in [-0.2, 0) is 9.59 Å². The number of carboxylic acids is 2. The maximum absolute atomic E-state index is 12.0. The van der Waals surface area contributed by atoms with Gasteiger partial charge < -0.3 is 10.2 Å². The Bertz CT molecular complexity index is 1050. The van der Waals surface area contributed by atoms with Gasteiger partial charge in [0.1, 0.15) is 0 Å². The molecule has 0 spiro atoms. The number of carboxylic acid groups (broad SMARTS) is 2. The minimum atomic E-state index is -1.29. The van der Waals surface area contributed by atoms with Crippen molar-refractivity contribution in [3.8, 4) is 22.3 Å². The molecule has 1 aromatic rings. The van der Waals surface area contributed by atoms with Crippen molar-refractivity contribution in [2.24, 2.45) is 0 Å². The summed E-state index contributed by atoms with van der Waals surface area (Å²) in [6.07, 6.45) is 0.776. The van der Waals surface area contributed by atoms with Gasteiger partial charge in [-0.3, -0.25) is 0 Å². The second-order valence-corrected chi connectivity index (χ2v) is 6.69. The van der Waals surface area contributed by atoms with E-state index in [-0.39, 0.29) is 5.57 Å². The smallest absolute Gasteiger partial charge is 0.336 e. The SMILES string of the molecule is Cc1cc(C)c2cc(-c3ccccc3)c(C(=CC(=O)O)C(=O)O)c-2c(C)c1. The zero-order valence-corrected chi connectivity index (χ0v) is 15.4. The lowest BCUT2D eigenvalue weighted by Crippen LogP contribution is -2.04. The highest BCUT2D eigenvalue weighted by Gasteiger charge is 2.26. The van der Waals surface area contributed by atoms with Crippen LogP contribution in [0.4, 0.5) is 0 Å². The maximum atomic E-state index is 12.0. The van der Waals surface area contributed by atoms with Crippen LogP contribution in [0.5, 0.6) is 0 Å². The number of benzene rings is 1. The van der Waals surface area contributed by atoms with E-state index in [1.807, 2.05) is 63.2 Å². The van der Waals surface area contributed by atoms with E-state index < -0.39 is 11.9 Å². The predicted octanol–water partition coefficient (Wildman–Crippen LogP) is 4.94. The Morgan fingerprint density at radius 3 is 2.07 bits per heavy atom. The third-order valence-corrected chi connectivity index (χ3v) is 4.64. The number of hydrogen-bond acceptors (Lipinski definition) is 2. The van der Waals surface area contributed by atoms with Crippen LogP contribution in [0.25, 0.3) is 27.8 Å². The molecule has 0 aliphatic heterocycles. The molecule has 0 atom stereocenters. The first-order valence-corrected chi connectivity index (χ1v) is 8.58. The summed E-state index contributed by atoms with van der Waals surface area (Å²) >= 11 is 0. The Labute approximate surface area is 157 Å². The van der Waals surface area contributed by atoms with Crippen LogP contribution in [0, 0.1) is 20.8 Å². The molecule has 0 unspecified atom stereocenters. The lowest BCUT2D eigenvalue weighted by atomic mass is 9.93. The van der Waals surface area contributed by atoms with Crippen molar-refractivity contribution in [2.75, 3.05) is 0 Å². The van der Waals surface area contributed by atoms with E-state index in [9.17, 15) is 19.8 Å². The number of aryl methyl sites for hydroxylation is 3. The monoisotopic (exact) mass is 360 g/mol. The first-order chi connectivity index (χ1) is 12.8. The number of aliphatic carboxylic acids is 2. The molecule has 136 valence electrons. The molecule has 0 amide bonds. The highest BCUT2D eigenvalue weighted by molar-refractivity contribution is 6.24. The molecule has 0 heterocycles. The lowest BCUT2D eigenvalue weighted by molar-refractivity contribution is -0.133. The minimum absolute atomic E-state index is 0.220. The fraction of sp³-hybridized carbons (Fsp3) is 0.130. The zero-order chi connectivity index (χ0) is 19.7. The van der Waals surface area contributed by atoms with E-state index in [1.165, 1.54) is 0 Å². The third kappa shape index (κ3) is 3.47. The fourth-order valence-electron chi connectivity index (χ4n) is 3.64. The summed E-state index contributed by atoms with van der Waals surface area (Å²) in [6.45, 7) is 5.89. The molecule has 2 aliphatic rings. The molecule has 0 radical (unpaired) electrons. The number of carbonyl (C=O) groups is 2. The molecular formula is C23H20O4. The molecule has 27 heavy (non-hydrogen) atoms. The number of fused-ring (bicyclic) bond motifs is 1. The second-order valence-electron chi connectivity index (χ2n) is 6.69. The summed E-state index contributed by atoms with van der Waals surface area (Å²) in [7, 11) is 0. The summed E-state index contributed by atoms with van der Waals surface area (Å²) in [6, 6.07) is 15.4. The first kappa shape index (κ1) is 18.4. The highest BCUT2D eigenvalue weighted by Crippen LogP contribution is 2.44. The Morgan fingerprint density at radius 1 is 0.852 bits per heavy atom. The molecule has 2 N–H and O–H groups in total. The van der Waals surface area contributed by atoms with E-state index in [0.29, 0.717) is 5.56 Å². The van der Waals surface area contributed by atoms with E-state index in [4.69, 9.17) is 0 Å². The molecule has 4 nitrogen and oxygen atoms in total. The van der Waals surface area contributed by atoms with Crippen LogP contribution >= 0.6 is 0 Å². The van der Waals surface area contributed by atoms with Crippen molar-refractivity contribution in [3.05, 3.63) is 76.9 Å². The molecule has 1 aromatic carbocycles. The van der Waals surface area contributed by atoms with Crippen LogP contribution < -0.4 is 0 Å². The number of rotatable bonds is 4. The normalized spacial score (nSPS) is 11.6. The van der Waals surface area contributed by atoms with Gasteiger partial charge in [-0.25, -0.2) is 9.59 Å². The topological polar surface area (TPSA) is 74.6 Å². The molecule has 4 heteroatoms. The molecule has 0 saturated heterocycles. The summed E-state index contributed by atoms with van der Waals surface area (Å²) in [5.74, 6) is -2.55. The molecule has 3 rings (SSSR count). The van der Waals surface area contributed by atoms with Crippen molar-refractivity contribution in [2.45, 2.75) is 20.8 Å². The molecule has 0 saturated carbocycles. The van der Waals surface area contributed by atoms with E-state index in [0.717, 1.165) is 45.0 Å². The van der Waals surface area contributed by atoms with Gasteiger partial charge in [0, 0.05) is 11.6 Å². The number of hydrogen-bond donors (Lipinski definition) is 2. The van der Waals surface area contributed by atoms with Gasteiger partial charge in [-0.1, -0.05) is 48.0 Å². The van der Waals surface area contributed by atoms with E-state index in [2.05, 4.69) is 6.07 Å². The van der Waals surface area contributed by atoms with Gasteiger partial charge in [-0.2, -0.15) is 0 Å². The Morgan fingerprint density at radius 2 is 1.48 bits per heavy atom. The predicted molar refractivity (Wildman–Crippen MR) is 106 cm³/mol. The van der Waals surface area contributed by atoms with Crippen molar-refractivity contribution < 1.29 is 19.8 Å². The van der Waals surface area contributed by atoms with Gasteiger partial charge >= 0.3 is 11.9 Å². The van der Waals surface area contributed by atoms with Crippen LogP contribution in [0.3, 0.4) is 0 Å². The summed E-state index contributed by atoms with van der Waals surface area (Å²) in [5.41, 5.74) is 6.47. The maximum Gasteiger partial charge on any atom is 0.336 e. The van der Waals surface area contributed by atoms with Gasteiger partial charge in [0.25, 0.3) is 0 Å². The van der Waals surface area contributed by atoms with Crippen LogP contribution in [0.1, 0.15) is 22.3 Å². The molecule has 2 aliphatic carbocycles. The largest absolute Gasteiger partial charge is 0.478 e. The average molecular weight is 360 g/mol. The standard InChI is InChI=1S/C23H20O4/c1-13-9-14(2)17-11-18(16-7-5-4-6-8-16)22(21(17)15(3)10-13)19(23(26)27)12-20(24)25/h4-12H,1-3H3,(H,24,25)(H,26,27). The summed E-state index contributed by atoms with van der Waals surface area (Å²) < 4.78 is 0. The van der Waals surface area contributed by atoms with Gasteiger partial charge in [-0.05, 0) is 60.2 Å². The highest BCUT2D eigenvalue weighted by atomic mass is 16.4. The van der Waals surface area contributed by atoms with Gasteiger partial charge in [0.2, 0.25) is 0 Å². The van der Waals surface area contributed by atoms with Gasteiger partial charge in [-0.15, -0.1) is 0 Å². The van der Waals surface area contributed by atoms with Crippen LogP contribution in [0.15, 0.2) is 54.6 Å². The third-order valence-electron chi connectivity index (χ3n) is 4.64. The zero-order valence-electron chi connectivity index (χ0n) is 15.4. The first-order valence-electron chi connectivity index (χ1n) is 8.58.